The van der Waals surface area contributed by atoms with Gasteiger partial charge in [0, 0.05) is 5.56 Å². The highest BCUT2D eigenvalue weighted by Gasteiger charge is 2.55. The van der Waals surface area contributed by atoms with Crippen molar-refractivity contribution in [1.82, 2.24) is 20.4 Å². The molecule has 1 saturated heterocycles. The van der Waals surface area contributed by atoms with Crippen molar-refractivity contribution in [2.45, 2.75) is 44.7 Å². The summed E-state index contributed by atoms with van der Waals surface area (Å²) in [6.45, 7) is 1.97. The zero-order chi connectivity index (χ0) is 18.3. The molecule has 4 rings (SSSR count). The van der Waals surface area contributed by atoms with Crippen LogP contribution in [0.3, 0.4) is 0 Å². The van der Waals surface area contributed by atoms with E-state index in [1.54, 1.807) is 12.1 Å². The van der Waals surface area contributed by atoms with E-state index in [4.69, 9.17) is 16.1 Å². The molecule has 1 aromatic carbocycles. The zero-order valence-electron chi connectivity index (χ0n) is 14.4. The quantitative estimate of drug-likeness (QED) is 0.832. The van der Waals surface area contributed by atoms with E-state index < -0.39 is 11.6 Å². The molecule has 1 aromatic heterocycles. The van der Waals surface area contributed by atoms with Gasteiger partial charge in [0.15, 0.2) is 0 Å². The van der Waals surface area contributed by atoms with Crippen LogP contribution in [0.25, 0.3) is 11.4 Å². The second kappa shape index (κ2) is 6.39. The molecule has 1 aliphatic carbocycles. The Bertz CT molecular complexity index is 868. The van der Waals surface area contributed by atoms with Gasteiger partial charge >= 0.3 is 6.03 Å². The highest BCUT2D eigenvalue weighted by Crippen LogP contribution is 2.38. The second-order valence-corrected chi connectivity index (χ2v) is 7.34. The predicted molar refractivity (Wildman–Crippen MR) is 94.2 cm³/mol. The fourth-order valence-electron chi connectivity index (χ4n) is 3.85. The minimum absolute atomic E-state index is 0.0451. The highest BCUT2D eigenvalue weighted by atomic mass is 35.5. The summed E-state index contributed by atoms with van der Waals surface area (Å²) in [5.74, 6) is 0.439. The number of hydrogen-bond donors (Lipinski definition) is 1. The van der Waals surface area contributed by atoms with Gasteiger partial charge in [-0.05, 0) is 30.9 Å². The van der Waals surface area contributed by atoms with Gasteiger partial charge < -0.3 is 9.84 Å². The van der Waals surface area contributed by atoms with Crippen LogP contribution in [0.5, 0.6) is 0 Å². The number of carbonyl (C=O) groups is 2. The molecule has 3 amide bonds. The Balaban J connectivity index is 1.56. The molecule has 2 aromatic rings. The molecule has 2 aliphatic rings. The Morgan fingerprint density at radius 3 is 2.92 bits per heavy atom. The zero-order valence-corrected chi connectivity index (χ0v) is 15.1. The maximum absolute atomic E-state index is 13.0. The summed E-state index contributed by atoms with van der Waals surface area (Å²) in [6.07, 6.45) is 3.61. The van der Waals surface area contributed by atoms with E-state index in [0.717, 1.165) is 19.3 Å². The molecule has 1 N–H and O–H groups in total. The van der Waals surface area contributed by atoms with Crippen LogP contribution in [-0.4, -0.2) is 32.5 Å². The summed E-state index contributed by atoms with van der Waals surface area (Å²) < 4.78 is 5.24. The summed E-state index contributed by atoms with van der Waals surface area (Å²) in [7, 11) is 0. The monoisotopic (exact) mass is 374 g/mol. The van der Waals surface area contributed by atoms with Crippen LogP contribution in [0.15, 0.2) is 28.8 Å². The SMILES string of the molecule is C[C@H]1CCCC[C@]12NC(=O)N(Cc1nc(-c3ccccc3Cl)no1)C2=O. The molecule has 1 saturated carbocycles. The first-order valence-electron chi connectivity index (χ1n) is 8.73. The third-order valence-electron chi connectivity index (χ3n) is 5.38. The molecule has 2 atom stereocenters. The maximum Gasteiger partial charge on any atom is 0.325 e. The molecule has 0 bridgehead atoms. The first kappa shape index (κ1) is 17.0. The summed E-state index contributed by atoms with van der Waals surface area (Å²) in [6, 6.07) is 6.75. The van der Waals surface area contributed by atoms with Crippen LogP contribution in [0, 0.1) is 5.92 Å². The third-order valence-corrected chi connectivity index (χ3v) is 5.71. The second-order valence-electron chi connectivity index (χ2n) is 6.93. The predicted octanol–water partition coefficient (Wildman–Crippen LogP) is 3.39. The minimum atomic E-state index is -0.791. The van der Waals surface area contributed by atoms with E-state index in [9.17, 15) is 9.59 Å². The minimum Gasteiger partial charge on any atom is -0.337 e. The van der Waals surface area contributed by atoms with Crippen LogP contribution in [0.1, 0.15) is 38.5 Å². The summed E-state index contributed by atoms with van der Waals surface area (Å²) in [4.78, 5) is 30.9. The Morgan fingerprint density at radius 1 is 1.35 bits per heavy atom. The van der Waals surface area contributed by atoms with Crippen LogP contribution < -0.4 is 5.32 Å². The topological polar surface area (TPSA) is 88.3 Å². The molecule has 26 heavy (non-hydrogen) atoms. The van der Waals surface area contributed by atoms with E-state index in [1.165, 1.54) is 4.90 Å². The van der Waals surface area contributed by atoms with Crippen molar-refractivity contribution in [3.63, 3.8) is 0 Å². The first-order valence-corrected chi connectivity index (χ1v) is 9.10. The number of halogens is 1. The number of imide groups is 1. The number of carbonyl (C=O) groups excluding carboxylic acids is 2. The molecular formula is C18H19ClN4O3. The molecule has 7 nitrogen and oxygen atoms in total. The summed E-state index contributed by atoms with van der Waals surface area (Å²) in [5.41, 5.74) is -0.153. The Labute approximate surface area is 155 Å². The third kappa shape index (κ3) is 2.67. The lowest BCUT2D eigenvalue weighted by Gasteiger charge is -2.36. The largest absolute Gasteiger partial charge is 0.337 e. The van der Waals surface area contributed by atoms with Crippen LogP contribution >= 0.6 is 11.6 Å². The number of aromatic nitrogens is 2. The van der Waals surface area contributed by atoms with Crippen LogP contribution in [-0.2, 0) is 11.3 Å². The maximum atomic E-state index is 13.0. The van der Waals surface area contributed by atoms with Gasteiger partial charge in [0.25, 0.3) is 5.91 Å². The van der Waals surface area contributed by atoms with Crippen molar-refractivity contribution < 1.29 is 14.1 Å². The molecule has 1 spiro atoms. The van der Waals surface area contributed by atoms with E-state index >= 15 is 0 Å². The van der Waals surface area contributed by atoms with Crippen molar-refractivity contribution in [1.29, 1.82) is 0 Å². The Hall–Kier alpha value is -2.41. The van der Waals surface area contributed by atoms with Gasteiger partial charge in [0.2, 0.25) is 11.7 Å². The molecule has 136 valence electrons. The number of benzene rings is 1. The van der Waals surface area contributed by atoms with Gasteiger partial charge in [-0.1, -0.05) is 48.7 Å². The number of nitrogens with zero attached hydrogens (tertiary/aromatic N) is 3. The van der Waals surface area contributed by atoms with Gasteiger partial charge in [-0.2, -0.15) is 4.98 Å². The number of hydrogen-bond acceptors (Lipinski definition) is 5. The van der Waals surface area contributed by atoms with E-state index in [-0.39, 0.29) is 24.3 Å². The van der Waals surface area contributed by atoms with Gasteiger partial charge in [0.1, 0.15) is 12.1 Å². The van der Waals surface area contributed by atoms with Gasteiger partial charge in [0.05, 0.1) is 5.02 Å². The molecule has 8 heteroatoms. The first-order chi connectivity index (χ1) is 12.5. The Morgan fingerprint density at radius 2 is 2.15 bits per heavy atom. The number of nitrogens with one attached hydrogen (secondary N) is 1. The number of rotatable bonds is 3. The highest BCUT2D eigenvalue weighted by molar-refractivity contribution is 6.33. The van der Waals surface area contributed by atoms with Crippen molar-refractivity contribution in [2.75, 3.05) is 0 Å². The summed E-state index contributed by atoms with van der Waals surface area (Å²) >= 11 is 6.15. The van der Waals surface area contributed by atoms with E-state index in [1.807, 2.05) is 19.1 Å². The standard InChI is InChI=1S/C18H19ClN4O3/c1-11-6-4-5-9-18(11)16(24)23(17(25)21-18)10-14-20-15(22-26-14)12-7-2-3-8-13(12)19/h2-3,7-8,11H,4-6,9-10H2,1H3,(H,21,25)/t11-,18-/m0/s1. The van der Waals surface area contributed by atoms with Crippen molar-refractivity contribution in [2.24, 2.45) is 5.92 Å². The van der Waals surface area contributed by atoms with Gasteiger partial charge in [-0.15, -0.1) is 0 Å². The van der Waals surface area contributed by atoms with Gasteiger partial charge in [-0.3, -0.25) is 9.69 Å². The molecular weight excluding hydrogens is 356 g/mol. The molecule has 0 radical (unpaired) electrons. The average Bonchev–Trinajstić information content (AvgIpc) is 3.18. The number of amides is 3. The normalized spacial score (nSPS) is 25.8. The molecule has 0 unspecified atom stereocenters. The smallest absolute Gasteiger partial charge is 0.325 e. The van der Waals surface area contributed by atoms with E-state index in [0.29, 0.717) is 22.8 Å². The van der Waals surface area contributed by atoms with Crippen LogP contribution in [0.4, 0.5) is 4.79 Å². The van der Waals surface area contributed by atoms with Gasteiger partial charge in [-0.25, -0.2) is 4.79 Å². The molecule has 2 heterocycles. The van der Waals surface area contributed by atoms with Crippen molar-refractivity contribution >= 4 is 23.5 Å². The lowest BCUT2D eigenvalue weighted by Crippen LogP contribution is -2.53. The fraction of sp³-hybridized carbons (Fsp3) is 0.444. The fourth-order valence-corrected chi connectivity index (χ4v) is 4.07. The van der Waals surface area contributed by atoms with Crippen molar-refractivity contribution in [3.8, 4) is 11.4 Å². The Kier molecular flexibility index (Phi) is 4.19. The van der Waals surface area contributed by atoms with Crippen molar-refractivity contribution in [3.05, 3.63) is 35.2 Å². The lowest BCUT2D eigenvalue weighted by atomic mass is 9.73. The molecule has 1 aliphatic heterocycles. The molecule has 2 fully saturated rings. The van der Waals surface area contributed by atoms with Crippen LogP contribution in [0.2, 0.25) is 5.02 Å². The number of urea groups is 1. The average molecular weight is 375 g/mol. The lowest BCUT2D eigenvalue weighted by molar-refractivity contribution is -0.134. The van der Waals surface area contributed by atoms with E-state index in [2.05, 4.69) is 15.5 Å². The summed E-state index contributed by atoms with van der Waals surface area (Å²) in [5, 5.41) is 7.34.